The summed E-state index contributed by atoms with van der Waals surface area (Å²) in [6, 6.07) is 8.90. The van der Waals surface area contributed by atoms with Gasteiger partial charge in [-0.3, -0.25) is 4.79 Å². The Kier molecular flexibility index (Phi) is 3.05. The lowest BCUT2D eigenvalue weighted by atomic mass is 9.98. The third-order valence-corrected chi connectivity index (χ3v) is 3.87. The smallest absolute Gasteiger partial charge is 0.213 e. The second kappa shape index (κ2) is 4.72. The average Bonchev–Trinajstić information content (AvgIpc) is 2.97. The van der Waals surface area contributed by atoms with Gasteiger partial charge in [-0.25, -0.2) is 0 Å². The Morgan fingerprint density at radius 2 is 2.16 bits per heavy atom. The summed E-state index contributed by atoms with van der Waals surface area (Å²) >= 11 is 7.46. The maximum atomic E-state index is 12.4. The molecule has 2 aromatic rings. The molecule has 0 saturated heterocycles. The van der Waals surface area contributed by atoms with Crippen LogP contribution in [0.25, 0.3) is 5.57 Å². The molecule has 0 saturated carbocycles. The summed E-state index contributed by atoms with van der Waals surface area (Å²) in [6.07, 6.45) is -0.639. The molecule has 1 aromatic heterocycles. The zero-order chi connectivity index (χ0) is 13.4. The molecule has 0 fully saturated rings. The zero-order valence-electron chi connectivity index (χ0n) is 9.80. The second-order valence-electron chi connectivity index (χ2n) is 4.17. The SMILES string of the molecule is NC1=C(c2cccc(Cl)c2)C(=O)C(c2ccsc2)O1. The van der Waals surface area contributed by atoms with E-state index in [2.05, 4.69) is 0 Å². The molecular weight excluding hydrogens is 282 g/mol. The largest absolute Gasteiger partial charge is 0.462 e. The van der Waals surface area contributed by atoms with Gasteiger partial charge < -0.3 is 10.5 Å². The van der Waals surface area contributed by atoms with Gasteiger partial charge in [0, 0.05) is 10.6 Å². The fourth-order valence-corrected chi connectivity index (χ4v) is 2.93. The molecule has 2 heterocycles. The Morgan fingerprint density at radius 1 is 1.32 bits per heavy atom. The summed E-state index contributed by atoms with van der Waals surface area (Å²) in [5, 5.41) is 4.35. The molecule has 1 aromatic carbocycles. The highest BCUT2D eigenvalue weighted by Crippen LogP contribution is 2.37. The third kappa shape index (κ3) is 2.13. The van der Waals surface area contributed by atoms with Gasteiger partial charge in [-0.15, -0.1) is 0 Å². The van der Waals surface area contributed by atoms with Crippen molar-refractivity contribution < 1.29 is 9.53 Å². The lowest BCUT2D eigenvalue weighted by Gasteiger charge is -2.07. The van der Waals surface area contributed by atoms with Gasteiger partial charge in [0.2, 0.25) is 5.78 Å². The number of benzene rings is 1. The Balaban J connectivity index is 1.99. The van der Waals surface area contributed by atoms with E-state index in [4.69, 9.17) is 22.1 Å². The van der Waals surface area contributed by atoms with E-state index < -0.39 is 6.10 Å². The highest BCUT2D eigenvalue weighted by atomic mass is 35.5. The molecule has 3 rings (SSSR count). The van der Waals surface area contributed by atoms with Gasteiger partial charge in [0.1, 0.15) is 0 Å². The van der Waals surface area contributed by atoms with Crippen molar-refractivity contribution >= 4 is 34.3 Å². The van der Waals surface area contributed by atoms with Gasteiger partial charge >= 0.3 is 0 Å². The average molecular weight is 292 g/mol. The van der Waals surface area contributed by atoms with Crippen LogP contribution >= 0.6 is 22.9 Å². The minimum Gasteiger partial charge on any atom is -0.462 e. The summed E-state index contributed by atoms with van der Waals surface area (Å²) in [7, 11) is 0. The molecule has 0 bridgehead atoms. The summed E-state index contributed by atoms with van der Waals surface area (Å²) in [4.78, 5) is 12.4. The van der Waals surface area contributed by atoms with Crippen LogP contribution in [0.15, 0.2) is 47.0 Å². The maximum absolute atomic E-state index is 12.4. The standard InChI is InChI=1S/C14H10ClNO2S/c15-10-3-1-2-8(6-10)11-12(17)13(18-14(11)16)9-4-5-19-7-9/h1-7,13H,16H2. The summed E-state index contributed by atoms with van der Waals surface area (Å²) in [5.74, 6) is 0.0293. The van der Waals surface area contributed by atoms with Gasteiger partial charge in [-0.1, -0.05) is 23.7 Å². The lowest BCUT2D eigenvalue weighted by Crippen LogP contribution is -2.08. The molecule has 1 atom stereocenters. The Hall–Kier alpha value is -1.78. The first-order chi connectivity index (χ1) is 9.16. The van der Waals surface area contributed by atoms with Gasteiger partial charge in [-0.05, 0) is 34.5 Å². The first kappa shape index (κ1) is 12.3. The van der Waals surface area contributed by atoms with Crippen LogP contribution in [0.2, 0.25) is 5.02 Å². The van der Waals surface area contributed by atoms with E-state index in [-0.39, 0.29) is 11.7 Å². The number of hydrogen-bond acceptors (Lipinski definition) is 4. The predicted molar refractivity (Wildman–Crippen MR) is 75.7 cm³/mol. The van der Waals surface area contributed by atoms with Crippen LogP contribution in [0.3, 0.4) is 0 Å². The Morgan fingerprint density at radius 3 is 2.84 bits per heavy atom. The number of ketones is 1. The molecule has 0 spiro atoms. The Bertz CT molecular complexity index is 664. The molecule has 19 heavy (non-hydrogen) atoms. The van der Waals surface area contributed by atoms with Gasteiger partial charge in [0.05, 0.1) is 5.57 Å². The molecule has 1 aliphatic heterocycles. The van der Waals surface area contributed by atoms with E-state index in [0.29, 0.717) is 16.2 Å². The summed E-state index contributed by atoms with van der Waals surface area (Å²) < 4.78 is 5.50. The Labute approximate surface area is 119 Å². The van der Waals surface area contributed by atoms with Crippen molar-refractivity contribution in [3.05, 3.63) is 63.1 Å². The van der Waals surface area contributed by atoms with Crippen molar-refractivity contribution in [3.8, 4) is 0 Å². The van der Waals surface area contributed by atoms with E-state index in [1.54, 1.807) is 24.3 Å². The fourth-order valence-electron chi connectivity index (χ4n) is 2.06. The lowest BCUT2D eigenvalue weighted by molar-refractivity contribution is -0.120. The highest BCUT2D eigenvalue weighted by molar-refractivity contribution is 7.08. The van der Waals surface area contributed by atoms with Gasteiger partial charge in [0.25, 0.3) is 0 Å². The number of nitrogens with two attached hydrogens (primary N) is 1. The normalized spacial score (nSPS) is 18.8. The number of rotatable bonds is 2. The summed E-state index contributed by atoms with van der Waals surface area (Å²) in [5.41, 5.74) is 7.76. The van der Waals surface area contributed by atoms with Crippen molar-refractivity contribution in [2.24, 2.45) is 5.73 Å². The van der Waals surface area contributed by atoms with Crippen LogP contribution in [-0.4, -0.2) is 5.78 Å². The van der Waals surface area contributed by atoms with Crippen molar-refractivity contribution in [1.29, 1.82) is 0 Å². The molecule has 0 radical (unpaired) electrons. The van der Waals surface area contributed by atoms with Crippen LogP contribution in [0.4, 0.5) is 0 Å². The van der Waals surface area contributed by atoms with Gasteiger partial charge in [-0.2, -0.15) is 11.3 Å². The van der Waals surface area contributed by atoms with E-state index in [1.807, 2.05) is 16.8 Å². The van der Waals surface area contributed by atoms with Crippen LogP contribution in [0.1, 0.15) is 17.2 Å². The molecule has 3 nitrogen and oxygen atoms in total. The number of carbonyl (C=O) groups is 1. The molecule has 96 valence electrons. The van der Waals surface area contributed by atoms with Crippen molar-refractivity contribution in [1.82, 2.24) is 0 Å². The van der Waals surface area contributed by atoms with Crippen molar-refractivity contribution in [3.63, 3.8) is 0 Å². The third-order valence-electron chi connectivity index (χ3n) is 2.93. The van der Waals surface area contributed by atoms with E-state index in [9.17, 15) is 4.79 Å². The molecule has 2 N–H and O–H groups in total. The fraction of sp³-hybridized carbons (Fsp3) is 0.0714. The minimum absolute atomic E-state index is 0.127. The molecule has 1 unspecified atom stereocenters. The van der Waals surface area contributed by atoms with Crippen LogP contribution in [-0.2, 0) is 9.53 Å². The number of thiophene rings is 1. The highest BCUT2D eigenvalue weighted by Gasteiger charge is 2.36. The van der Waals surface area contributed by atoms with Crippen LogP contribution in [0.5, 0.6) is 0 Å². The van der Waals surface area contributed by atoms with E-state index in [1.165, 1.54) is 11.3 Å². The van der Waals surface area contributed by atoms with Gasteiger partial charge in [0.15, 0.2) is 12.0 Å². The predicted octanol–water partition coefficient (Wildman–Crippen LogP) is 3.37. The monoisotopic (exact) mass is 291 g/mol. The number of carbonyl (C=O) groups excluding carboxylic acids is 1. The van der Waals surface area contributed by atoms with Crippen molar-refractivity contribution in [2.45, 2.75) is 6.10 Å². The summed E-state index contributed by atoms with van der Waals surface area (Å²) in [6.45, 7) is 0. The zero-order valence-corrected chi connectivity index (χ0v) is 11.4. The first-order valence-electron chi connectivity index (χ1n) is 5.65. The second-order valence-corrected chi connectivity index (χ2v) is 5.38. The van der Waals surface area contributed by atoms with E-state index in [0.717, 1.165) is 5.56 Å². The number of ether oxygens (including phenoxy) is 1. The van der Waals surface area contributed by atoms with Crippen LogP contribution in [0, 0.1) is 0 Å². The van der Waals surface area contributed by atoms with Crippen molar-refractivity contribution in [2.75, 3.05) is 0 Å². The number of halogens is 1. The minimum atomic E-state index is -0.639. The number of Topliss-reactive ketones (excluding diaryl/α,β-unsaturated/α-hetero) is 1. The van der Waals surface area contributed by atoms with Crippen LogP contribution < -0.4 is 5.73 Å². The molecule has 1 aliphatic rings. The first-order valence-corrected chi connectivity index (χ1v) is 6.97. The number of hydrogen-bond donors (Lipinski definition) is 1. The topological polar surface area (TPSA) is 52.3 Å². The molecule has 5 heteroatoms. The van der Waals surface area contributed by atoms with E-state index >= 15 is 0 Å². The molecular formula is C14H10ClNO2S. The molecule has 0 aliphatic carbocycles. The maximum Gasteiger partial charge on any atom is 0.213 e. The quantitative estimate of drug-likeness (QED) is 0.923. The molecule has 0 amide bonds.